The first-order valence-corrected chi connectivity index (χ1v) is 7.96. The van der Waals surface area contributed by atoms with Crippen LogP contribution in [0.5, 0.6) is 0 Å². The summed E-state index contributed by atoms with van der Waals surface area (Å²) in [5.74, 6) is 5.65. The molecule has 1 aliphatic rings. The van der Waals surface area contributed by atoms with E-state index in [1.807, 2.05) is 19.9 Å². The van der Waals surface area contributed by atoms with Crippen LogP contribution in [-0.4, -0.2) is 18.2 Å². The average molecular weight is 294 g/mol. The van der Waals surface area contributed by atoms with Crippen molar-refractivity contribution in [2.75, 3.05) is 6.61 Å². The topological polar surface area (TPSA) is 47.3 Å². The third kappa shape index (κ3) is 3.82. The Bertz CT molecular complexity index is 453. The Balaban J connectivity index is 2.20. The van der Waals surface area contributed by atoms with Gasteiger partial charge < -0.3 is 4.74 Å². The van der Waals surface area contributed by atoms with E-state index in [0.29, 0.717) is 6.61 Å². The van der Waals surface area contributed by atoms with Gasteiger partial charge in [-0.3, -0.25) is 11.3 Å². The largest absolute Gasteiger partial charge is 0.374 e. The van der Waals surface area contributed by atoms with Gasteiger partial charge in [0.1, 0.15) is 5.82 Å². The van der Waals surface area contributed by atoms with Gasteiger partial charge in [-0.05, 0) is 56.4 Å². The molecule has 0 radical (unpaired) electrons. The summed E-state index contributed by atoms with van der Waals surface area (Å²) in [6.07, 6.45) is 6.47. The fraction of sp³-hybridized carbons (Fsp3) is 0.647. The first-order chi connectivity index (χ1) is 10.1. The fourth-order valence-electron chi connectivity index (χ4n) is 3.54. The Hall–Kier alpha value is -0.970. The predicted molar refractivity (Wildman–Crippen MR) is 83.4 cm³/mol. The van der Waals surface area contributed by atoms with Gasteiger partial charge in [-0.2, -0.15) is 0 Å². The zero-order valence-electron chi connectivity index (χ0n) is 13.1. The van der Waals surface area contributed by atoms with E-state index in [2.05, 4.69) is 5.43 Å². The van der Waals surface area contributed by atoms with Crippen molar-refractivity contribution < 1.29 is 9.13 Å². The van der Waals surface area contributed by atoms with Crippen LogP contribution in [-0.2, 0) is 11.2 Å². The maximum atomic E-state index is 13.3. The molecule has 3 nitrogen and oxygen atoms in total. The maximum Gasteiger partial charge on any atom is 0.123 e. The van der Waals surface area contributed by atoms with Gasteiger partial charge >= 0.3 is 0 Å². The summed E-state index contributed by atoms with van der Waals surface area (Å²) < 4.78 is 19.4. The zero-order chi connectivity index (χ0) is 15.3. The van der Waals surface area contributed by atoms with E-state index < -0.39 is 0 Å². The smallest absolute Gasteiger partial charge is 0.123 e. The molecule has 0 aromatic heterocycles. The van der Waals surface area contributed by atoms with E-state index in [4.69, 9.17) is 10.6 Å². The molecule has 1 atom stereocenters. The third-order valence-corrected chi connectivity index (χ3v) is 4.70. The molecular weight excluding hydrogens is 267 g/mol. The summed E-state index contributed by atoms with van der Waals surface area (Å²) in [5, 5.41) is 0. The molecule has 2 rings (SSSR count). The fourth-order valence-corrected chi connectivity index (χ4v) is 3.54. The van der Waals surface area contributed by atoms with Gasteiger partial charge in [0.2, 0.25) is 0 Å². The van der Waals surface area contributed by atoms with E-state index in [1.54, 1.807) is 6.07 Å². The highest BCUT2D eigenvalue weighted by Crippen LogP contribution is 2.36. The van der Waals surface area contributed by atoms with Crippen molar-refractivity contribution in [3.05, 3.63) is 35.1 Å². The number of nitrogens with two attached hydrogens (primary N) is 1. The minimum Gasteiger partial charge on any atom is -0.374 e. The normalized spacial score (nSPS) is 19.4. The monoisotopic (exact) mass is 294 g/mol. The van der Waals surface area contributed by atoms with Crippen molar-refractivity contribution in [1.29, 1.82) is 0 Å². The minimum atomic E-state index is -0.192. The number of aryl methyl sites for hydroxylation is 1. The molecule has 4 heteroatoms. The van der Waals surface area contributed by atoms with E-state index in [0.717, 1.165) is 30.4 Å². The Morgan fingerprint density at radius 3 is 2.62 bits per heavy atom. The zero-order valence-corrected chi connectivity index (χ0v) is 13.1. The number of nitrogens with one attached hydrogen (secondary N) is 1. The standard InChI is InChI=1S/C17H27FN2O/c1-3-21-17(9-5-4-6-10-17)16(20-19)12-14-7-8-15(18)11-13(14)2/h7-8,11,16,20H,3-6,9-10,12,19H2,1-2H3. The molecule has 0 aliphatic heterocycles. The average Bonchev–Trinajstić information content (AvgIpc) is 2.47. The third-order valence-electron chi connectivity index (χ3n) is 4.70. The van der Waals surface area contributed by atoms with Gasteiger partial charge in [0, 0.05) is 6.61 Å². The number of hydrazine groups is 1. The minimum absolute atomic E-state index is 0.0573. The molecule has 1 fully saturated rings. The summed E-state index contributed by atoms with van der Waals surface area (Å²) in [4.78, 5) is 0. The number of benzene rings is 1. The molecule has 0 bridgehead atoms. The summed E-state index contributed by atoms with van der Waals surface area (Å²) >= 11 is 0. The van der Waals surface area contributed by atoms with Gasteiger partial charge in [-0.1, -0.05) is 25.3 Å². The number of ether oxygens (including phenoxy) is 1. The Kier molecular flexibility index (Phi) is 5.73. The van der Waals surface area contributed by atoms with Gasteiger partial charge in [0.05, 0.1) is 11.6 Å². The SMILES string of the molecule is CCOC1(C(Cc2ccc(F)cc2C)NN)CCCCC1. The number of rotatable bonds is 6. The van der Waals surface area contributed by atoms with Crippen LogP contribution >= 0.6 is 0 Å². The molecule has 0 amide bonds. The summed E-state index contributed by atoms with van der Waals surface area (Å²) in [7, 11) is 0. The van der Waals surface area contributed by atoms with E-state index in [1.165, 1.54) is 25.3 Å². The van der Waals surface area contributed by atoms with E-state index in [9.17, 15) is 4.39 Å². The second-order valence-electron chi connectivity index (χ2n) is 6.05. The lowest BCUT2D eigenvalue weighted by molar-refractivity contribution is -0.0898. The number of hydrogen-bond acceptors (Lipinski definition) is 3. The molecule has 21 heavy (non-hydrogen) atoms. The molecule has 1 aromatic rings. The second-order valence-corrected chi connectivity index (χ2v) is 6.05. The van der Waals surface area contributed by atoms with Gasteiger partial charge in [0.15, 0.2) is 0 Å². The molecule has 0 heterocycles. The van der Waals surface area contributed by atoms with Crippen molar-refractivity contribution in [2.24, 2.45) is 5.84 Å². The van der Waals surface area contributed by atoms with Crippen molar-refractivity contribution in [1.82, 2.24) is 5.43 Å². The first kappa shape index (κ1) is 16.4. The van der Waals surface area contributed by atoms with Gasteiger partial charge in [-0.25, -0.2) is 4.39 Å². The van der Waals surface area contributed by atoms with Crippen LogP contribution in [0.15, 0.2) is 18.2 Å². The highest BCUT2D eigenvalue weighted by atomic mass is 19.1. The quantitative estimate of drug-likeness (QED) is 0.625. The van der Waals surface area contributed by atoms with Crippen molar-refractivity contribution in [3.8, 4) is 0 Å². The van der Waals surface area contributed by atoms with Crippen molar-refractivity contribution in [2.45, 2.75) is 64.0 Å². The molecule has 1 saturated carbocycles. The van der Waals surface area contributed by atoms with E-state index in [-0.39, 0.29) is 17.5 Å². The van der Waals surface area contributed by atoms with Gasteiger partial charge in [0.25, 0.3) is 0 Å². The molecule has 118 valence electrons. The lowest BCUT2D eigenvalue weighted by atomic mass is 9.77. The molecule has 1 aliphatic carbocycles. The number of halogens is 1. The van der Waals surface area contributed by atoms with Crippen LogP contribution in [0, 0.1) is 12.7 Å². The maximum absolute atomic E-state index is 13.3. The Morgan fingerprint density at radius 2 is 2.05 bits per heavy atom. The summed E-state index contributed by atoms with van der Waals surface area (Å²) in [6, 6.07) is 5.01. The molecule has 3 N–H and O–H groups in total. The second kappa shape index (κ2) is 7.34. The van der Waals surface area contributed by atoms with E-state index >= 15 is 0 Å². The molecule has 1 aromatic carbocycles. The lowest BCUT2D eigenvalue weighted by Gasteiger charge is -2.43. The molecule has 1 unspecified atom stereocenters. The van der Waals surface area contributed by atoms with Gasteiger partial charge in [-0.15, -0.1) is 0 Å². The first-order valence-electron chi connectivity index (χ1n) is 7.96. The van der Waals surface area contributed by atoms with Crippen molar-refractivity contribution >= 4 is 0 Å². The van der Waals surface area contributed by atoms with Crippen LogP contribution in [0.25, 0.3) is 0 Å². The number of hydrogen-bond donors (Lipinski definition) is 2. The van der Waals surface area contributed by atoms with Crippen LogP contribution in [0.1, 0.15) is 50.2 Å². The highest BCUT2D eigenvalue weighted by molar-refractivity contribution is 5.28. The Labute approximate surface area is 127 Å². The highest BCUT2D eigenvalue weighted by Gasteiger charge is 2.40. The van der Waals surface area contributed by atoms with Crippen molar-refractivity contribution in [3.63, 3.8) is 0 Å². The molecular formula is C17H27FN2O. The van der Waals surface area contributed by atoms with Crippen LogP contribution in [0.3, 0.4) is 0 Å². The van der Waals surface area contributed by atoms with Crippen LogP contribution in [0.2, 0.25) is 0 Å². The van der Waals surface area contributed by atoms with Crippen LogP contribution < -0.4 is 11.3 Å². The molecule has 0 spiro atoms. The summed E-state index contributed by atoms with van der Waals surface area (Å²) in [5.41, 5.74) is 4.88. The summed E-state index contributed by atoms with van der Waals surface area (Å²) in [6.45, 7) is 4.67. The van der Waals surface area contributed by atoms with Crippen LogP contribution in [0.4, 0.5) is 4.39 Å². The molecule has 0 saturated heterocycles. The lowest BCUT2D eigenvalue weighted by Crippen LogP contribution is -2.57. The Morgan fingerprint density at radius 1 is 1.33 bits per heavy atom. The predicted octanol–water partition coefficient (Wildman–Crippen LogP) is 3.25.